The van der Waals surface area contributed by atoms with Gasteiger partial charge in [-0.15, -0.1) is 0 Å². The van der Waals surface area contributed by atoms with Crippen LogP contribution in [0, 0.1) is 5.92 Å². The average Bonchev–Trinajstić information content (AvgIpc) is 3.92. The summed E-state index contributed by atoms with van der Waals surface area (Å²) in [5.74, 6) is 1.72. The molecule has 10 nitrogen and oxygen atoms in total. The molecule has 254 valence electrons. The highest BCUT2D eigenvalue weighted by atomic mass is 16.5. The molecule has 2 amide bonds. The van der Waals surface area contributed by atoms with Gasteiger partial charge >= 0.3 is 0 Å². The fraction of sp³-hybridized carbons (Fsp3) is 0.268. The number of benzene rings is 3. The molecular formula is C41H35N5O5. The van der Waals surface area contributed by atoms with Gasteiger partial charge in [-0.05, 0) is 54.5 Å². The molecule has 1 spiro atoms. The van der Waals surface area contributed by atoms with Gasteiger partial charge in [-0.3, -0.25) is 9.59 Å². The van der Waals surface area contributed by atoms with Crippen molar-refractivity contribution in [2.75, 3.05) is 5.32 Å². The minimum absolute atomic E-state index is 0.119. The van der Waals surface area contributed by atoms with Crippen LogP contribution in [0.5, 0.6) is 5.75 Å². The van der Waals surface area contributed by atoms with Crippen LogP contribution >= 0.6 is 0 Å². The Morgan fingerprint density at radius 3 is 2.73 bits per heavy atom. The van der Waals surface area contributed by atoms with Crippen molar-refractivity contribution >= 4 is 23.1 Å². The Morgan fingerprint density at radius 1 is 1.04 bits per heavy atom. The van der Waals surface area contributed by atoms with Gasteiger partial charge in [0.1, 0.15) is 23.2 Å². The quantitative estimate of drug-likeness (QED) is 0.182. The Balaban J connectivity index is 1.29. The van der Waals surface area contributed by atoms with E-state index in [0.717, 1.165) is 56.6 Å². The molecule has 5 aromatic rings. The van der Waals surface area contributed by atoms with Crippen molar-refractivity contribution < 1.29 is 23.2 Å². The van der Waals surface area contributed by atoms with E-state index in [1.54, 1.807) is 6.20 Å². The number of hydrogen-bond acceptors (Lipinski definition) is 8. The first-order valence-electron chi connectivity index (χ1n) is 17.5. The predicted molar refractivity (Wildman–Crippen MR) is 190 cm³/mol. The summed E-state index contributed by atoms with van der Waals surface area (Å²) < 4.78 is 20.5. The van der Waals surface area contributed by atoms with E-state index >= 15 is 0 Å². The van der Waals surface area contributed by atoms with Crippen LogP contribution in [0.1, 0.15) is 79.0 Å². The van der Waals surface area contributed by atoms with Crippen LogP contribution in [0.2, 0.25) is 0 Å². The molecule has 0 radical (unpaired) electrons. The molecule has 0 saturated carbocycles. The van der Waals surface area contributed by atoms with Gasteiger partial charge < -0.3 is 29.5 Å². The zero-order chi connectivity index (χ0) is 34.8. The number of fused-ring (bicyclic) bond motifs is 7. The molecule has 3 aromatic carbocycles. The number of amides is 2. The molecule has 10 heteroatoms. The number of ether oxygens (including phenoxy) is 1. The third-order valence-electron chi connectivity index (χ3n) is 10.8. The molecule has 4 aliphatic heterocycles. The summed E-state index contributed by atoms with van der Waals surface area (Å²) in [6.07, 6.45) is 5.92. The second-order valence-electron chi connectivity index (χ2n) is 14.6. The van der Waals surface area contributed by atoms with E-state index in [1.165, 1.54) is 11.6 Å². The third kappa shape index (κ3) is 4.16. The minimum atomic E-state index is -1.01. The largest absolute Gasteiger partial charge is 0.469 e. The molecule has 1 aliphatic carbocycles. The Bertz CT molecular complexity index is 2410. The number of para-hydroxylation sites is 1. The summed E-state index contributed by atoms with van der Waals surface area (Å²) in [5.41, 5.74) is 9.42. The van der Waals surface area contributed by atoms with Gasteiger partial charge in [-0.25, -0.2) is 9.97 Å². The standard InChI is InChI=1S/C41H35N5O5/c1-19(2)15-31(47)43-28-17-21-11-14-29-27(16-21)41-26-10-6-9-24(34(26)46-40(41)50-29)23-8-5-7-22-12-13-25(32(22)23)30-18-42-38(49-30)35-36(41)51-39(45-35)33(20(3)4)44-37(28)48/h5-11,13-16,18,20,28,33,40,46H,12,17H2,1-4H3,(H,43,47)(H,44,48)/t28?,33-,40-,41?/m0/s1. The fourth-order valence-electron chi connectivity index (χ4n) is 8.58. The molecule has 3 N–H and O–H groups in total. The van der Waals surface area contributed by atoms with Crippen LogP contribution in [0.3, 0.4) is 0 Å². The second-order valence-corrected chi connectivity index (χ2v) is 14.6. The molecule has 5 aliphatic rings. The number of carbonyl (C=O) groups is 2. The zero-order valence-electron chi connectivity index (χ0n) is 28.6. The van der Waals surface area contributed by atoms with E-state index in [2.05, 4.69) is 64.5 Å². The van der Waals surface area contributed by atoms with Gasteiger partial charge in [0.2, 0.25) is 23.6 Å². The lowest BCUT2D eigenvalue weighted by Crippen LogP contribution is -2.49. The van der Waals surface area contributed by atoms with Gasteiger partial charge in [0.25, 0.3) is 0 Å². The summed E-state index contributed by atoms with van der Waals surface area (Å²) in [6, 6.07) is 17.3. The van der Waals surface area contributed by atoms with Crippen LogP contribution in [-0.2, 0) is 27.8 Å². The molecule has 51 heavy (non-hydrogen) atoms. The first kappa shape index (κ1) is 30.0. The van der Waals surface area contributed by atoms with Gasteiger partial charge in [0.05, 0.1) is 6.20 Å². The molecule has 10 bridgehead atoms. The maximum Gasteiger partial charge on any atom is 0.249 e. The molecule has 6 heterocycles. The molecule has 0 saturated heterocycles. The van der Waals surface area contributed by atoms with Crippen LogP contribution in [0.4, 0.5) is 5.69 Å². The smallest absolute Gasteiger partial charge is 0.249 e. The summed E-state index contributed by atoms with van der Waals surface area (Å²) in [7, 11) is 0. The van der Waals surface area contributed by atoms with Crippen LogP contribution in [0.15, 0.2) is 87.4 Å². The van der Waals surface area contributed by atoms with Crippen molar-refractivity contribution in [1.82, 2.24) is 20.6 Å². The van der Waals surface area contributed by atoms with Crippen molar-refractivity contribution in [2.45, 2.75) is 64.3 Å². The number of anilines is 1. The lowest BCUT2D eigenvalue weighted by atomic mass is 9.72. The molecule has 2 aromatic heterocycles. The molecule has 4 atom stereocenters. The SMILES string of the molecule is CC(C)=CC(=O)NC1Cc2ccc3c(c2)C24c5cccc(c5N[C@H]2O3)-c2cccc3c2C(=CC3)c2cnc(o2)-c2nc(oc24)[C@H](C(C)C)NC1=O. The summed E-state index contributed by atoms with van der Waals surface area (Å²) in [6.45, 7) is 7.70. The average molecular weight is 678 g/mol. The monoisotopic (exact) mass is 677 g/mol. The second kappa shape index (κ2) is 10.6. The molecule has 0 fully saturated rings. The van der Waals surface area contributed by atoms with Gasteiger partial charge in [-0.1, -0.05) is 74.0 Å². The van der Waals surface area contributed by atoms with Crippen molar-refractivity contribution in [3.8, 4) is 28.5 Å². The topological polar surface area (TPSA) is 132 Å². The highest BCUT2D eigenvalue weighted by Gasteiger charge is 2.61. The lowest BCUT2D eigenvalue weighted by Gasteiger charge is -2.28. The van der Waals surface area contributed by atoms with E-state index in [9.17, 15) is 9.59 Å². The van der Waals surface area contributed by atoms with E-state index < -0.39 is 23.7 Å². The molecular weight excluding hydrogens is 642 g/mol. The van der Waals surface area contributed by atoms with Crippen LogP contribution in [0.25, 0.3) is 28.3 Å². The van der Waals surface area contributed by atoms with Crippen molar-refractivity contribution in [2.24, 2.45) is 5.92 Å². The van der Waals surface area contributed by atoms with Gasteiger partial charge in [0.15, 0.2) is 23.4 Å². The van der Waals surface area contributed by atoms with E-state index in [4.69, 9.17) is 23.5 Å². The number of allylic oxidation sites excluding steroid dienone is 2. The van der Waals surface area contributed by atoms with E-state index in [0.29, 0.717) is 34.7 Å². The van der Waals surface area contributed by atoms with Crippen LogP contribution in [-0.4, -0.2) is 34.1 Å². The highest BCUT2D eigenvalue weighted by molar-refractivity contribution is 5.97. The molecule has 10 rings (SSSR count). The predicted octanol–water partition coefficient (Wildman–Crippen LogP) is 6.60. The minimum Gasteiger partial charge on any atom is -0.469 e. The number of carbonyl (C=O) groups excluding carboxylic acids is 2. The van der Waals surface area contributed by atoms with Gasteiger partial charge in [-0.2, -0.15) is 0 Å². The Labute approximate surface area is 294 Å². The summed E-state index contributed by atoms with van der Waals surface area (Å²) in [5, 5.41) is 9.94. The molecule has 2 unspecified atom stereocenters. The third-order valence-corrected chi connectivity index (χ3v) is 10.8. The van der Waals surface area contributed by atoms with Crippen molar-refractivity contribution in [1.29, 1.82) is 0 Å². The Hall–Kier alpha value is -5.90. The number of rotatable bonds is 3. The van der Waals surface area contributed by atoms with E-state index in [-0.39, 0.29) is 24.2 Å². The first-order valence-corrected chi connectivity index (χ1v) is 17.5. The Morgan fingerprint density at radius 2 is 1.88 bits per heavy atom. The number of nitrogens with one attached hydrogen (secondary N) is 3. The summed E-state index contributed by atoms with van der Waals surface area (Å²) in [4.78, 5) is 37.1. The maximum absolute atomic E-state index is 14.1. The van der Waals surface area contributed by atoms with E-state index in [1.807, 2.05) is 39.8 Å². The van der Waals surface area contributed by atoms with Crippen LogP contribution < -0.4 is 20.7 Å². The zero-order valence-corrected chi connectivity index (χ0v) is 28.6. The number of nitrogens with zero attached hydrogens (tertiary/aromatic N) is 2. The number of hydrogen-bond donors (Lipinski definition) is 3. The highest BCUT2D eigenvalue weighted by Crippen LogP contribution is 2.61. The van der Waals surface area contributed by atoms with Crippen molar-refractivity contribution in [3.05, 3.63) is 124 Å². The fourth-order valence-corrected chi connectivity index (χ4v) is 8.58. The Kier molecular flexibility index (Phi) is 6.20. The number of aromatic nitrogens is 2. The maximum atomic E-state index is 14.1. The first-order chi connectivity index (χ1) is 24.7. The number of oxazole rings is 2. The van der Waals surface area contributed by atoms with Crippen molar-refractivity contribution in [3.63, 3.8) is 0 Å². The normalized spacial score (nSPS) is 22.7. The lowest BCUT2D eigenvalue weighted by molar-refractivity contribution is -0.128. The van der Waals surface area contributed by atoms with Gasteiger partial charge in [0, 0.05) is 40.4 Å². The summed E-state index contributed by atoms with van der Waals surface area (Å²) >= 11 is 0.